The predicted octanol–water partition coefficient (Wildman–Crippen LogP) is 1.65. The van der Waals surface area contributed by atoms with E-state index in [9.17, 15) is 9.59 Å². The molecule has 0 unspecified atom stereocenters. The van der Waals surface area contributed by atoms with Crippen LogP contribution in [0.1, 0.15) is 30.6 Å². The number of fused-ring (bicyclic) bond motifs is 1. The molecule has 0 saturated carbocycles. The van der Waals surface area contributed by atoms with Crippen molar-refractivity contribution in [2.45, 2.75) is 20.3 Å². The highest BCUT2D eigenvalue weighted by atomic mass is 16.7. The molecule has 1 N–H and O–H groups in total. The van der Waals surface area contributed by atoms with Crippen molar-refractivity contribution in [2.24, 2.45) is 11.8 Å². The second-order valence-electron chi connectivity index (χ2n) is 6.50. The Morgan fingerprint density at radius 3 is 2.61 bits per heavy atom. The molecule has 0 spiro atoms. The molecule has 1 saturated heterocycles. The van der Waals surface area contributed by atoms with Gasteiger partial charge in [0.15, 0.2) is 11.5 Å². The third kappa shape index (κ3) is 3.57. The van der Waals surface area contributed by atoms with E-state index < -0.39 is 0 Å². The summed E-state index contributed by atoms with van der Waals surface area (Å²) in [6, 6.07) is 5.00. The van der Waals surface area contributed by atoms with Crippen LogP contribution in [0.2, 0.25) is 0 Å². The molecule has 0 bridgehead atoms. The van der Waals surface area contributed by atoms with Gasteiger partial charge >= 0.3 is 0 Å². The fourth-order valence-corrected chi connectivity index (χ4v) is 3.27. The minimum Gasteiger partial charge on any atom is -0.454 e. The molecule has 2 aliphatic heterocycles. The summed E-state index contributed by atoms with van der Waals surface area (Å²) in [5.41, 5.74) is 0.461. The molecule has 1 fully saturated rings. The van der Waals surface area contributed by atoms with Crippen LogP contribution in [0, 0.1) is 11.8 Å². The zero-order valence-electron chi connectivity index (χ0n) is 13.5. The second kappa shape index (κ2) is 6.48. The third-order valence-electron chi connectivity index (χ3n) is 4.26. The number of piperidine rings is 1. The highest BCUT2D eigenvalue weighted by Gasteiger charge is 2.25. The second-order valence-corrected chi connectivity index (χ2v) is 6.50. The molecule has 2 atom stereocenters. The Morgan fingerprint density at radius 1 is 1.17 bits per heavy atom. The summed E-state index contributed by atoms with van der Waals surface area (Å²) < 4.78 is 10.5. The van der Waals surface area contributed by atoms with Crippen molar-refractivity contribution >= 4 is 11.8 Å². The number of nitrogens with zero attached hydrogens (tertiary/aromatic N) is 1. The highest BCUT2D eigenvalue weighted by Crippen LogP contribution is 2.32. The number of nitrogens with one attached hydrogen (secondary N) is 1. The normalized spacial score (nSPS) is 22.8. The van der Waals surface area contributed by atoms with E-state index in [1.165, 1.54) is 0 Å². The maximum absolute atomic E-state index is 12.3. The number of rotatable bonds is 3. The van der Waals surface area contributed by atoms with Gasteiger partial charge in [0.05, 0.1) is 6.54 Å². The van der Waals surface area contributed by atoms with Gasteiger partial charge in [-0.1, -0.05) is 13.8 Å². The van der Waals surface area contributed by atoms with E-state index in [1.807, 2.05) is 4.90 Å². The van der Waals surface area contributed by atoms with Gasteiger partial charge in [0.2, 0.25) is 12.7 Å². The fourth-order valence-electron chi connectivity index (χ4n) is 3.27. The van der Waals surface area contributed by atoms with Crippen molar-refractivity contribution in [3.8, 4) is 11.5 Å². The van der Waals surface area contributed by atoms with Gasteiger partial charge < -0.3 is 19.7 Å². The molecule has 23 heavy (non-hydrogen) atoms. The first kappa shape index (κ1) is 15.6. The van der Waals surface area contributed by atoms with Crippen LogP contribution in [0.25, 0.3) is 0 Å². The predicted molar refractivity (Wildman–Crippen MR) is 84.4 cm³/mol. The van der Waals surface area contributed by atoms with E-state index in [2.05, 4.69) is 19.2 Å². The van der Waals surface area contributed by atoms with Crippen LogP contribution in [0.5, 0.6) is 11.5 Å². The molecule has 1 aromatic rings. The molecule has 6 heteroatoms. The van der Waals surface area contributed by atoms with E-state index in [4.69, 9.17) is 9.47 Å². The van der Waals surface area contributed by atoms with Gasteiger partial charge in [0.1, 0.15) is 0 Å². The van der Waals surface area contributed by atoms with Crippen LogP contribution in [-0.4, -0.2) is 43.1 Å². The molecule has 2 heterocycles. The largest absolute Gasteiger partial charge is 0.454 e. The Bertz CT molecular complexity index is 607. The maximum Gasteiger partial charge on any atom is 0.251 e. The SMILES string of the molecule is C[C@@H]1C[C@H](C)CN(C(=O)CNC(=O)c2ccc3c(c2)OCO3)C1. The first-order valence-corrected chi connectivity index (χ1v) is 7.98. The molecular weight excluding hydrogens is 296 g/mol. The molecule has 3 rings (SSSR count). The minimum atomic E-state index is -0.283. The first-order valence-electron chi connectivity index (χ1n) is 7.98. The number of carbonyl (C=O) groups is 2. The molecule has 1 aromatic carbocycles. The van der Waals surface area contributed by atoms with Gasteiger partial charge in [-0.3, -0.25) is 9.59 Å². The monoisotopic (exact) mass is 318 g/mol. The first-order chi connectivity index (χ1) is 11.0. The summed E-state index contributed by atoms with van der Waals surface area (Å²) in [6.07, 6.45) is 1.15. The van der Waals surface area contributed by atoms with Gasteiger partial charge in [-0.2, -0.15) is 0 Å². The van der Waals surface area contributed by atoms with E-state index in [-0.39, 0.29) is 25.2 Å². The topological polar surface area (TPSA) is 67.9 Å². The molecular formula is C17H22N2O4. The summed E-state index contributed by atoms with van der Waals surface area (Å²) >= 11 is 0. The zero-order chi connectivity index (χ0) is 16.4. The zero-order valence-corrected chi connectivity index (χ0v) is 13.5. The Labute approximate surface area is 135 Å². The number of ether oxygens (including phenoxy) is 2. The van der Waals surface area contributed by atoms with Crippen LogP contribution >= 0.6 is 0 Å². The number of benzene rings is 1. The average molecular weight is 318 g/mol. The molecule has 2 amide bonds. The number of likely N-dealkylation sites (tertiary alicyclic amines) is 1. The lowest BCUT2D eigenvalue weighted by atomic mass is 9.92. The minimum absolute atomic E-state index is 0.0206. The molecule has 124 valence electrons. The van der Waals surface area contributed by atoms with Crippen molar-refractivity contribution in [2.75, 3.05) is 26.4 Å². The van der Waals surface area contributed by atoms with E-state index >= 15 is 0 Å². The van der Waals surface area contributed by atoms with Crippen molar-refractivity contribution in [3.05, 3.63) is 23.8 Å². The van der Waals surface area contributed by atoms with Crippen LogP contribution in [0.15, 0.2) is 18.2 Å². The van der Waals surface area contributed by atoms with Gasteiger partial charge in [0, 0.05) is 18.7 Å². The van der Waals surface area contributed by atoms with E-state index in [0.29, 0.717) is 28.9 Å². The van der Waals surface area contributed by atoms with Crippen LogP contribution in [0.4, 0.5) is 0 Å². The average Bonchev–Trinajstić information content (AvgIpc) is 2.98. The van der Waals surface area contributed by atoms with Crippen LogP contribution < -0.4 is 14.8 Å². The molecule has 0 aliphatic carbocycles. The maximum atomic E-state index is 12.3. The summed E-state index contributed by atoms with van der Waals surface area (Å²) in [6.45, 7) is 6.03. The lowest BCUT2D eigenvalue weighted by Gasteiger charge is -2.35. The third-order valence-corrected chi connectivity index (χ3v) is 4.26. The van der Waals surface area contributed by atoms with Gasteiger partial charge in [0.25, 0.3) is 5.91 Å². The summed E-state index contributed by atoms with van der Waals surface area (Å²) in [7, 11) is 0. The van der Waals surface area contributed by atoms with Crippen molar-refractivity contribution in [3.63, 3.8) is 0 Å². The molecule has 0 radical (unpaired) electrons. The highest BCUT2D eigenvalue weighted by molar-refractivity contribution is 5.97. The summed E-state index contributed by atoms with van der Waals surface area (Å²) in [4.78, 5) is 26.3. The van der Waals surface area contributed by atoms with Crippen molar-refractivity contribution in [1.82, 2.24) is 10.2 Å². The van der Waals surface area contributed by atoms with Crippen molar-refractivity contribution < 1.29 is 19.1 Å². The van der Waals surface area contributed by atoms with Crippen molar-refractivity contribution in [1.29, 1.82) is 0 Å². The summed E-state index contributed by atoms with van der Waals surface area (Å²) in [5, 5.41) is 2.69. The number of carbonyl (C=O) groups excluding carboxylic acids is 2. The van der Waals surface area contributed by atoms with Crippen LogP contribution in [0.3, 0.4) is 0 Å². The van der Waals surface area contributed by atoms with Crippen LogP contribution in [-0.2, 0) is 4.79 Å². The Balaban J connectivity index is 1.55. The van der Waals surface area contributed by atoms with Gasteiger partial charge in [-0.25, -0.2) is 0 Å². The smallest absolute Gasteiger partial charge is 0.251 e. The standard InChI is InChI=1S/C17H22N2O4/c1-11-5-12(2)9-19(8-11)16(20)7-18-17(21)13-3-4-14-15(6-13)23-10-22-14/h3-4,6,11-12H,5,7-10H2,1-2H3,(H,18,21)/t11-,12+. The molecule has 6 nitrogen and oxygen atoms in total. The van der Waals surface area contributed by atoms with Gasteiger partial charge in [-0.05, 0) is 36.5 Å². The number of hydrogen-bond acceptors (Lipinski definition) is 4. The number of hydrogen-bond donors (Lipinski definition) is 1. The Hall–Kier alpha value is -2.24. The van der Waals surface area contributed by atoms with E-state index in [0.717, 1.165) is 19.5 Å². The van der Waals surface area contributed by atoms with Gasteiger partial charge in [-0.15, -0.1) is 0 Å². The van der Waals surface area contributed by atoms with E-state index in [1.54, 1.807) is 18.2 Å². The Morgan fingerprint density at radius 2 is 1.87 bits per heavy atom. The fraction of sp³-hybridized carbons (Fsp3) is 0.529. The number of amides is 2. The quantitative estimate of drug-likeness (QED) is 0.920. The molecule has 2 aliphatic rings. The summed E-state index contributed by atoms with van der Waals surface area (Å²) in [5.74, 6) is 1.89. The lowest BCUT2D eigenvalue weighted by Crippen LogP contribution is -2.46. The molecule has 0 aromatic heterocycles. The lowest BCUT2D eigenvalue weighted by molar-refractivity contribution is -0.132. The Kier molecular flexibility index (Phi) is 4.41.